The number of rotatable bonds is 7. The van der Waals surface area contributed by atoms with E-state index in [0.717, 1.165) is 12.8 Å². The van der Waals surface area contributed by atoms with Crippen LogP contribution in [0, 0.1) is 5.82 Å². The van der Waals surface area contributed by atoms with Gasteiger partial charge in [0.1, 0.15) is 11.4 Å². The summed E-state index contributed by atoms with van der Waals surface area (Å²) in [4.78, 5) is 46.3. The highest BCUT2D eigenvalue weighted by Gasteiger charge is 2.35. The number of fused-ring (bicyclic) bond motifs is 1. The van der Waals surface area contributed by atoms with Gasteiger partial charge in [0.05, 0.1) is 21.1 Å². The van der Waals surface area contributed by atoms with Crippen molar-refractivity contribution in [2.24, 2.45) is 0 Å². The van der Waals surface area contributed by atoms with Gasteiger partial charge in [0.25, 0.3) is 5.91 Å². The molecule has 2 aromatic heterocycles. The molecule has 3 aromatic rings. The van der Waals surface area contributed by atoms with E-state index >= 15 is 0 Å². The van der Waals surface area contributed by atoms with Crippen molar-refractivity contribution in [3.63, 3.8) is 0 Å². The summed E-state index contributed by atoms with van der Waals surface area (Å²) in [5, 5.41) is 5.41. The number of thiophene rings is 1. The molecule has 1 saturated carbocycles. The van der Waals surface area contributed by atoms with Crippen molar-refractivity contribution in [1.29, 1.82) is 0 Å². The highest BCUT2D eigenvalue weighted by molar-refractivity contribution is 7.21. The minimum Gasteiger partial charge on any atom is -0.453 e. The number of halogens is 1. The minimum absolute atomic E-state index is 0.0175. The largest absolute Gasteiger partial charge is 0.453 e. The van der Waals surface area contributed by atoms with E-state index < -0.39 is 11.4 Å². The zero-order valence-electron chi connectivity index (χ0n) is 23.5. The minimum atomic E-state index is -0.638. The predicted octanol–water partition coefficient (Wildman–Crippen LogP) is 5.98. The molecule has 4 amide bonds. The van der Waals surface area contributed by atoms with Crippen molar-refractivity contribution in [3.05, 3.63) is 47.2 Å². The molecule has 0 spiro atoms. The number of amides is 4. The predicted molar refractivity (Wildman–Crippen MR) is 154 cm³/mol. The van der Waals surface area contributed by atoms with Gasteiger partial charge in [-0.05, 0) is 65.2 Å². The third-order valence-electron chi connectivity index (χ3n) is 6.77. The second kappa shape index (κ2) is 11.5. The van der Waals surface area contributed by atoms with Crippen LogP contribution in [-0.2, 0) is 4.74 Å². The third-order valence-corrected chi connectivity index (χ3v) is 7.90. The van der Waals surface area contributed by atoms with Gasteiger partial charge in [-0.25, -0.2) is 14.0 Å². The van der Waals surface area contributed by atoms with Crippen LogP contribution in [0.5, 0.6) is 11.5 Å². The van der Waals surface area contributed by atoms with Gasteiger partial charge in [-0.3, -0.25) is 9.78 Å². The Balaban J connectivity index is 1.27. The van der Waals surface area contributed by atoms with E-state index in [4.69, 9.17) is 9.47 Å². The van der Waals surface area contributed by atoms with Crippen LogP contribution in [-0.4, -0.2) is 70.1 Å². The molecule has 2 N–H and O–H groups in total. The number of carbonyl (C=O) groups is 3. The number of anilines is 1. The Kier molecular flexibility index (Phi) is 8.03. The number of ether oxygens (including phenoxy) is 2. The van der Waals surface area contributed by atoms with Gasteiger partial charge in [0.2, 0.25) is 0 Å². The first-order valence-corrected chi connectivity index (χ1v) is 14.5. The number of hydrogen-bond acceptors (Lipinski definition) is 7. The standard InChI is InChI=1S/C29H34FN5O5S/c1-5-35(28(38)40-29(2,3)4)19-11-13-34(16-19)26(36)24-15-21-25(41-24)23(10-12-31-21)39-22-9-8-18(14-20(22)30)33-27(37)32-17-6-7-17/h8-10,12,14-15,17,19H,5-7,11,13,16H2,1-4H3,(H2,32,33,37). The molecule has 1 saturated heterocycles. The summed E-state index contributed by atoms with van der Waals surface area (Å²) in [5.41, 5.74) is 0.274. The molecule has 1 aromatic carbocycles. The summed E-state index contributed by atoms with van der Waals surface area (Å²) >= 11 is 1.22. The number of nitrogens with one attached hydrogen (secondary N) is 2. The Morgan fingerprint density at radius 3 is 2.61 bits per heavy atom. The van der Waals surface area contributed by atoms with E-state index in [2.05, 4.69) is 15.6 Å². The topological polar surface area (TPSA) is 113 Å². The van der Waals surface area contributed by atoms with Crippen molar-refractivity contribution in [2.75, 3.05) is 25.0 Å². The van der Waals surface area contributed by atoms with Crippen LogP contribution < -0.4 is 15.4 Å². The van der Waals surface area contributed by atoms with E-state index in [1.165, 1.54) is 23.5 Å². The SMILES string of the molecule is CCN(C(=O)OC(C)(C)C)C1CCN(C(=O)c2cc3nccc(Oc4ccc(NC(=O)NC5CC5)cc4F)c3s2)C1. The number of urea groups is 1. The van der Waals surface area contributed by atoms with Gasteiger partial charge in [-0.1, -0.05) is 0 Å². The average molecular weight is 584 g/mol. The summed E-state index contributed by atoms with van der Waals surface area (Å²) in [6, 6.07) is 7.22. The maximum atomic E-state index is 14.9. The lowest BCUT2D eigenvalue weighted by atomic mass is 10.2. The molecule has 2 fully saturated rings. The average Bonchev–Trinajstić information content (AvgIpc) is 3.39. The molecule has 0 radical (unpaired) electrons. The lowest BCUT2D eigenvalue weighted by Crippen LogP contribution is -2.45. The lowest BCUT2D eigenvalue weighted by molar-refractivity contribution is 0.0178. The number of pyridine rings is 1. The van der Waals surface area contributed by atoms with Crippen LogP contribution in [0.15, 0.2) is 36.5 Å². The van der Waals surface area contributed by atoms with Gasteiger partial charge in [-0.15, -0.1) is 11.3 Å². The molecule has 41 heavy (non-hydrogen) atoms. The molecule has 10 nitrogen and oxygen atoms in total. The van der Waals surface area contributed by atoms with Crippen LogP contribution in [0.3, 0.4) is 0 Å². The summed E-state index contributed by atoms with van der Waals surface area (Å²) in [6.07, 6.45) is 3.72. The van der Waals surface area contributed by atoms with Crippen LogP contribution in [0.2, 0.25) is 0 Å². The van der Waals surface area contributed by atoms with Crippen molar-refractivity contribution in [1.82, 2.24) is 20.1 Å². The molecular formula is C29H34FN5O5S. The van der Waals surface area contributed by atoms with Crippen molar-refractivity contribution < 1.29 is 28.2 Å². The Hall–Kier alpha value is -3.93. The summed E-state index contributed by atoms with van der Waals surface area (Å²) in [6.45, 7) is 8.78. The number of hydrogen-bond donors (Lipinski definition) is 2. The maximum absolute atomic E-state index is 14.9. The molecular weight excluding hydrogens is 549 g/mol. The van der Waals surface area contributed by atoms with Crippen molar-refractivity contribution >= 4 is 45.3 Å². The first-order valence-electron chi connectivity index (χ1n) is 13.7. The molecule has 12 heteroatoms. The summed E-state index contributed by atoms with van der Waals surface area (Å²) in [7, 11) is 0. The van der Waals surface area contributed by atoms with Crippen molar-refractivity contribution in [2.45, 2.75) is 64.6 Å². The maximum Gasteiger partial charge on any atom is 0.410 e. The van der Waals surface area contributed by atoms with Crippen LogP contribution in [0.4, 0.5) is 19.7 Å². The molecule has 0 bridgehead atoms. The fourth-order valence-electron chi connectivity index (χ4n) is 4.65. The fraction of sp³-hybridized carbons (Fsp3) is 0.448. The Labute approximate surface area is 241 Å². The first kappa shape index (κ1) is 28.6. The molecule has 1 aliphatic carbocycles. The zero-order valence-corrected chi connectivity index (χ0v) is 24.3. The Morgan fingerprint density at radius 1 is 1.15 bits per heavy atom. The molecule has 5 rings (SSSR count). The highest BCUT2D eigenvalue weighted by atomic mass is 32.1. The van der Waals surface area contributed by atoms with Gasteiger partial charge in [-0.2, -0.15) is 0 Å². The van der Waals surface area contributed by atoms with Gasteiger partial charge >= 0.3 is 12.1 Å². The summed E-state index contributed by atoms with van der Waals surface area (Å²) in [5.74, 6) is -0.448. The number of nitrogens with zero attached hydrogens (tertiary/aromatic N) is 3. The quantitative estimate of drug-likeness (QED) is 0.354. The van der Waals surface area contributed by atoms with Crippen molar-refractivity contribution in [3.8, 4) is 11.5 Å². The van der Waals surface area contributed by atoms with Crippen LogP contribution in [0.25, 0.3) is 10.2 Å². The second-order valence-electron chi connectivity index (χ2n) is 11.2. The van der Waals surface area contributed by atoms with Crippen LogP contribution in [0.1, 0.15) is 56.6 Å². The number of likely N-dealkylation sites (N-methyl/N-ethyl adjacent to an activating group) is 1. The normalized spacial score (nSPS) is 16.9. The lowest BCUT2D eigenvalue weighted by Gasteiger charge is -2.30. The number of likely N-dealkylation sites (tertiary alicyclic amines) is 1. The van der Waals surface area contributed by atoms with E-state index in [9.17, 15) is 18.8 Å². The summed E-state index contributed by atoms with van der Waals surface area (Å²) < 4.78 is 26.9. The van der Waals surface area contributed by atoms with E-state index in [0.29, 0.717) is 52.6 Å². The van der Waals surface area contributed by atoms with Gasteiger partial charge in [0.15, 0.2) is 11.6 Å². The van der Waals surface area contributed by atoms with Gasteiger partial charge in [0, 0.05) is 49.7 Å². The molecule has 3 heterocycles. The third kappa shape index (κ3) is 6.87. The van der Waals surface area contributed by atoms with E-state index in [1.54, 1.807) is 34.2 Å². The van der Waals surface area contributed by atoms with E-state index in [-0.39, 0.29) is 35.9 Å². The zero-order chi connectivity index (χ0) is 29.3. The molecule has 2 aliphatic rings. The monoisotopic (exact) mass is 583 g/mol. The van der Waals surface area contributed by atoms with Crippen LogP contribution >= 0.6 is 11.3 Å². The number of benzene rings is 1. The smallest absolute Gasteiger partial charge is 0.410 e. The molecule has 1 aliphatic heterocycles. The number of carbonyl (C=O) groups excluding carboxylic acids is 3. The number of aromatic nitrogens is 1. The Morgan fingerprint density at radius 2 is 1.93 bits per heavy atom. The Bertz CT molecular complexity index is 1470. The molecule has 218 valence electrons. The van der Waals surface area contributed by atoms with E-state index in [1.807, 2.05) is 27.7 Å². The fourth-order valence-corrected chi connectivity index (χ4v) is 5.69. The first-order chi connectivity index (χ1) is 19.5. The second-order valence-corrected chi connectivity index (χ2v) is 12.3. The molecule has 1 unspecified atom stereocenters. The molecule has 1 atom stereocenters. The van der Waals surface area contributed by atoms with Gasteiger partial charge < -0.3 is 29.9 Å². The highest BCUT2D eigenvalue weighted by Crippen LogP contribution is 2.37.